The van der Waals surface area contributed by atoms with Crippen molar-refractivity contribution in [2.45, 2.75) is 13.8 Å². The van der Waals surface area contributed by atoms with Gasteiger partial charge in [-0.25, -0.2) is 0 Å². The van der Waals surface area contributed by atoms with Crippen molar-refractivity contribution >= 4 is 29.9 Å². The summed E-state index contributed by atoms with van der Waals surface area (Å²) in [6, 6.07) is 1.69. The summed E-state index contributed by atoms with van der Waals surface area (Å²) in [7, 11) is 3.07. The average molecular weight is 337 g/mol. The minimum absolute atomic E-state index is 0.314. The minimum atomic E-state index is 0.314. The van der Waals surface area contributed by atoms with Crippen LogP contribution in [0.5, 0.6) is 11.5 Å². The van der Waals surface area contributed by atoms with Gasteiger partial charge < -0.3 is 14.4 Å². The molecule has 0 aliphatic carbocycles. The number of halogens is 1. The molecular weight excluding hydrogens is 316 g/mol. The largest absolute Gasteiger partial charge is 0.496 e. The van der Waals surface area contributed by atoms with Crippen molar-refractivity contribution in [2.24, 2.45) is 4.99 Å². The topological polar surface area (TPSA) is 51.1 Å². The van der Waals surface area contributed by atoms with Gasteiger partial charge in [0.15, 0.2) is 0 Å². The van der Waals surface area contributed by atoms with E-state index in [9.17, 15) is 4.79 Å². The van der Waals surface area contributed by atoms with Crippen LogP contribution in [-0.2, 0) is 4.79 Å². The average Bonchev–Trinajstić information content (AvgIpc) is 2.57. The van der Waals surface area contributed by atoms with E-state index < -0.39 is 0 Å². The lowest BCUT2D eigenvalue weighted by atomic mass is 10.1. The van der Waals surface area contributed by atoms with Crippen LogP contribution in [0, 0.1) is 6.92 Å². The molecule has 0 aliphatic rings. The van der Waals surface area contributed by atoms with Gasteiger partial charge in [0, 0.05) is 24.0 Å². The molecule has 0 unspecified atom stereocenters. The molecule has 0 spiro atoms. The van der Waals surface area contributed by atoms with Gasteiger partial charge in [-0.15, -0.1) is 0 Å². The third-order valence-corrected chi connectivity index (χ3v) is 3.70. The van der Waals surface area contributed by atoms with Gasteiger partial charge in [0.2, 0.25) is 6.41 Å². The number of carbonyl (C=O) groups is 1. The zero-order chi connectivity index (χ0) is 17.4. The molecule has 0 saturated carbocycles. The van der Waals surface area contributed by atoms with Crippen LogP contribution >= 0.6 is 11.6 Å². The molecule has 0 atom stereocenters. The summed E-state index contributed by atoms with van der Waals surface area (Å²) in [5.74, 6) is 1.03. The molecule has 0 aromatic heterocycles. The molecule has 6 heteroatoms. The number of allylic oxidation sites excluding steroid dienone is 1. The Morgan fingerprint density at radius 1 is 1.39 bits per heavy atom. The lowest BCUT2D eigenvalue weighted by molar-refractivity contribution is -0.107. The SMILES string of the molecule is C=CN=C/C(=C\C)CN(C=O)c1c(C)c(OC)cc(OC)c1Cl. The van der Waals surface area contributed by atoms with Crippen LogP contribution in [0.1, 0.15) is 12.5 Å². The van der Waals surface area contributed by atoms with E-state index in [0.717, 1.165) is 17.5 Å². The van der Waals surface area contributed by atoms with Crippen LogP contribution in [0.15, 0.2) is 35.5 Å². The van der Waals surface area contributed by atoms with E-state index in [1.54, 1.807) is 19.4 Å². The van der Waals surface area contributed by atoms with Crippen molar-refractivity contribution in [1.82, 2.24) is 0 Å². The van der Waals surface area contributed by atoms with Crippen molar-refractivity contribution in [2.75, 3.05) is 25.7 Å². The van der Waals surface area contributed by atoms with Gasteiger partial charge >= 0.3 is 0 Å². The Kier molecular flexibility index (Phi) is 7.35. The number of amides is 1. The summed E-state index contributed by atoms with van der Waals surface area (Å²) in [6.45, 7) is 7.55. The highest BCUT2D eigenvalue weighted by molar-refractivity contribution is 6.35. The first kappa shape index (κ1) is 18.8. The van der Waals surface area contributed by atoms with Gasteiger partial charge in [-0.3, -0.25) is 9.79 Å². The van der Waals surface area contributed by atoms with Crippen LogP contribution in [0.3, 0.4) is 0 Å². The van der Waals surface area contributed by atoms with Gasteiger partial charge in [0.1, 0.15) is 16.5 Å². The monoisotopic (exact) mass is 336 g/mol. The zero-order valence-corrected chi connectivity index (χ0v) is 14.6. The molecule has 0 aliphatic heterocycles. The summed E-state index contributed by atoms with van der Waals surface area (Å²) in [5.41, 5.74) is 2.14. The molecule has 0 heterocycles. The number of rotatable bonds is 8. The molecule has 0 radical (unpaired) electrons. The van der Waals surface area contributed by atoms with E-state index in [0.29, 0.717) is 28.8 Å². The van der Waals surface area contributed by atoms with Crippen LogP contribution < -0.4 is 14.4 Å². The van der Waals surface area contributed by atoms with Gasteiger partial charge in [-0.2, -0.15) is 0 Å². The van der Waals surface area contributed by atoms with E-state index in [-0.39, 0.29) is 0 Å². The van der Waals surface area contributed by atoms with E-state index >= 15 is 0 Å². The Balaban J connectivity index is 3.37. The van der Waals surface area contributed by atoms with E-state index in [1.165, 1.54) is 18.2 Å². The smallest absolute Gasteiger partial charge is 0.214 e. The number of aliphatic imine (C=N–C) groups is 1. The number of methoxy groups -OCH3 is 2. The Bertz CT molecular complexity index is 611. The van der Waals surface area contributed by atoms with E-state index in [1.807, 2.05) is 19.9 Å². The summed E-state index contributed by atoms with van der Waals surface area (Å²) < 4.78 is 10.6. The maximum Gasteiger partial charge on any atom is 0.214 e. The quantitative estimate of drug-likeness (QED) is 0.536. The molecule has 23 heavy (non-hydrogen) atoms. The molecule has 0 bridgehead atoms. The molecule has 0 N–H and O–H groups in total. The summed E-state index contributed by atoms with van der Waals surface area (Å²) in [5, 5.41) is 0.356. The Hall–Kier alpha value is -2.27. The van der Waals surface area contributed by atoms with Crippen molar-refractivity contribution in [3.8, 4) is 11.5 Å². The minimum Gasteiger partial charge on any atom is -0.496 e. The van der Waals surface area contributed by atoms with Gasteiger partial charge in [0.25, 0.3) is 0 Å². The second kappa shape index (κ2) is 9.00. The highest BCUT2D eigenvalue weighted by Crippen LogP contribution is 2.42. The van der Waals surface area contributed by atoms with E-state index in [2.05, 4.69) is 11.6 Å². The molecule has 1 amide bonds. The predicted molar refractivity (Wildman–Crippen MR) is 95.1 cm³/mol. The van der Waals surface area contributed by atoms with Gasteiger partial charge in [-0.05, 0) is 19.4 Å². The number of nitrogens with zero attached hydrogens (tertiary/aromatic N) is 2. The fourth-order valence-corrected chi connectivity index (χ4v) is 2.49. The molecule has 1 rings (SSSR count). The Morgan fingerprint density at radius 2 is 2.04 bits per heavy atom. The summed E-state index contributed by atoms with van der Waals surface area (Å²) in [4.78, 5) is 17.1. The maximum atomic E-state index is 11.6. The molecule has 0 saturated heterocycles. The predicted octanol–water partition coefficient (Wildman–Crippen LogP) is 3.79. The third-order valence-electron chi connectivity index (χ3n) is 3.33. The van der Waals surface area contributed by atoms with Gasteiger partial charge in [0.05, 0.1) is 26.5 Å². The van der Waals surface area contributed by atoms with Crippen molar-refractivity contribution in [3.05, 3.63) is 41.1 Å². The van der Waals surface area contributed by atoms with E-state index in [4.69, 9.17) is 21.1 Å². The van der Waals surface area contributed by atoms with Crippen molar-refractivity contribution in [1.29, 1.82) is 0 Å². The third kappa shape index (κ3) is 4.36. The van der Waals surface area contributed by atoms with Gasteiger partial charge in [-0.1, -0.05) is 24.3 Å². The first-order valence-corrected chi connectivity index (χ1v) is 7.34. The van der Waals surface area contributed by atoms with Crippen LogP contribution in [-0.4, -0.2) is 33.4 Å². The number of carbonyl (C=O) groups excluding carboxylic acids is 1. The summed E-state index contributed by atoms with van der Waals surface area (Å²) >= 11 is 6.40. The normalized spacial score (nSPS) is 11.4. The second-order valence-corrected chi connectivity index (χ2v) is 5.00. The van der Waals surface area contributed by atoms with Crippen molar-refractivity contribution < 1.29 is 14.3 Å². The molecule has 124 valence electrons. The number of hydrogen-bond acceptors (Lipinski definition) is 4. The molecular formula is C17H21ClN2O3. The first-order valence-electron chi connectivity index (χ1n) is 6.96. The number of ether oxygens (including phenoxy) is 2. The van der Waals surface area contributed by atoms with Crippen LogP contribution in [0.25, 0.3) is 0 Å². The zero-order valence-electron chi connectivity index (χ0n) is 13.8. The standard InChI is InChI=1S/C17H21ClN2O3/c1-6-13(9-19-7-2)10-20(11-21)17-12(3)14(22-4)8-15(23-5)16(17)18/h6-9,11H,2,10H2,1,3-5H3/b13-6+,19-9?. The van der Waals surface area contributed by atoms with Crippen LogP contribution in [0.2, 0.25) is 5.02 Å². The number of hydrogen-bond donors (Lipinski definition) is 0. The molecule has 5 nitrogen and oxygen atoms in total. The number of benzene rings is 1. The maximum absolute atomic E-state index is 11.6. The second-order valence-electron chi connectivity index (χ2n) is 4.63. The first-order chi connectivity index (χ1) is 11.0. The van der Waals surface area contributed by atoms with Crippen molar-refractivity contribution in [3.63, 3.8) is 0 Å². The molecule has 0 fully saturated rings. The van der Waals surface area contributed by atoms with Crippen LogP contribution in [0.4, 0.5) is 5.69 Å². The fraction of sp³-hybridized carbons (Fsp3) is 0.294. The summed E-state index contributed by atoms with van der Waals surface area (Å²) in [6.07, 6.45) is 5.66. The Labute approximate surface area is 141 Å². The lowest BCUT2D eigenvalue weighted by Gasteiger charge is -2.24. The molecule has 1 aromatic carbocycles. The fourth-order valence-electron chi connectivity index (χ4n) is 2.11. The molecule has 1 aromatic rings. The highest BCUT2D eigenvalue weighted by atomic mass is 35.5. The highest BCUT2D eigenvalue weighted by Gasteiger charge is 2.21. The lowest BCUT2D eigenvalue weighted by Crippen LogP contribution is -2.25. The number of anilines is 1. The Morgan fingerprint density at radius 3 is 2.52 bits per heavy atom.